The van der Waals surface area contributed by atoms with Crippen LogP contribution < -0.4 is 21.2 Å². The van der Waals surface area contributed by atoms with E-state index in [1.54, 1.807) is 12.1 Å². The lowest BCUT2D eigenvalue weighted by Crippen LogP contribution is -3.59. The van der Waals surface area contributed by atoms with Crippen molar-refractivity contribution in [2.45, 2.75) is 19.4 Å². The minimum atomic E-state index is -0.255. The lowest BCUT2D eigenvalue weighted by atomic mass is 10.2. The zero-order valence-corrected chi connectivity index (χ0v) is 14.1. The number of carbonyl (C=O) groups is 1. The maximum Gasteiger partial charge on any atom is 0.349 e. The molecule has 1 atom stereocenters. The fourth-order valence-electron chi connectivity index (χ4n) is 1.72. The Bertz CT molecular complexity index is 579. The molecule has 0 aliphatic rings. The minimum Gasteiger partial charge on any atom is -0.459 e. The Morgan fingerprint density at radius 3 is 2.38 bits per heavy atom. The van der Waals surface area contributed by atoms with Gasteiger partial charge in [-0.3, -0.25) is 0 Å². The molecule has 3 heteroatoms. The molecule has 0 bridgehead atoms. The van der Waals surface area contributed by atoms with Gasteiger partial charge in [0.1, 0.15) is 6.10 Å². The van der Waals surface area contributed by atoms with Crippen LogP contribution in [0.25, 0.3) is 0 Å². The third-order valence-corrected chi connectivity index (χ3v) is 5.10. The Morgan fingerprint density at radius 1 is 1.10 bits per heavy atom. The molecule has 1 unspecified atom stereocenters. The monoisotopic (exact) mass is 393 g/mol. The van der Waals surface area contributed by atoms with Crippen molar-refractivity contribution in [1.29, 1.82) is 0 Å². The third kappa shape index (κ3) is 5.71. The molecule has 0 aromatic heterocycles. The number of carbonyl (C=O) groups excluding carboxylic acids is 1. The normalized spacial score (nSPS) is 12.2. The van der Waals surface area contributed by atoms with Crippen molar-refractivity contribution in [3.63, 3.8) is 0 Å². The van der Waals surface area contributed by atoms with Gasteiger partial charge in [0.2, 0.25) is 0 Å². The molecule has 2 rings (SSSR count). The molecule has 2 aromatic rings. The van der Waals surface area contributed by atoms with Crippen LogP contribution in [0.5, 0.6) is 0 Å². The summed E-state index contributed by atoms with van der Waals surface area (Å²) in [6, 6.07) is 19.6. The van der Waals surface area contributed by atoms with Crippen LogP contribution >= 0.6 is 0 Å². The molecule has 2 nitrogen and oxygen atoms in total. The number of rotatable bonds is 6. The van der Waals surface area contributed by atoms with Gasteiger partial charge >= 0.3 is 27.2 Å². The molecule has 0 heterocycles. The second-order valence-electron chi connectivity index (χ2n) is 4.58. The number of hydrogen-bond acceptors (Lipinski definition) is 2. The summed E-state index contributed by atoms with van der Waals surface area (Å²) in [5.41, 5.74) is 0.602. The second kappa shape index (κ2) is 8.62. The van der Waals surface area contributed by atoms with Crippen molar-refractivity contribution in [3.05, 3.63) is 80.0 Å². The van der Waals surface area contributed by atoms with E-state index in [1.807, 2.05) is 31.2 Å². The molecule has 0 fully saturated rings. The largest absolute Gasteiger partial charge is 0.459 e. The van der Waals surface area contributed by atoms with Gasteiger partial charge in [0, 0.05) is 6.42 Å². The molecule has 0 aliphatic heterocycles. The van der Waals surface area contributed by atoms with Crippen LogP contribution in [0.3, 0.4) is 0 Å². The van der Waals surface area contributed by atoms with Crippen LogP contribution in [0.1, 0.15) is 23.7 Å². The van der Waals surface area contributed by atoms with Crippen molar-refractivity contribution in [2.75, 3.05) is 0 Å². The van der Waals surface area contributed by atoms with E-state index in [1.165, 1.54) is 3.57 Å². The first-order valence-corrected chi connectivity index (χ1v) is 9.17. The Balaban J connectivity index is 1.75. The lowest BCUT2D eigenvalue weighted by molar-refractivity contribution is -0.557. The molecule has 0 aliphatic carbocycles. The van der Waals surface area contributed by atoms with E-state index in [0.717, 1.165) is 6.42 Å². The number of esters is 1. The molecule has 0 amide bonds. The van der Waals surface area contributed by atoms with Gasteiger partial charge in [-0.05, 0) is 37.3 Å². The molecule has 21 heavy (non-hydrogen) atoms. The molecule has 0 saturated carbocycles. The predicted molar refractivity (Wildman–Crippen MR) is 80.2 cm³/mol. The standard InChI is InChI=1S/C18H18IO2/c1-15(21-18(20)16-10-4-2-5-11-16)9-8-14-19-17-12-6-3-7-13-17/h2-8,10-15H,9H2,1H3/q+1/b14-8-. The van der Waals surface area contributed by atoms with Gasteiger partial charge in [-0.15, -0.1) is 0 Å². The average molecular weight is 393 g/mol. The summed E-state index contributed by atoms with van der Waals surface area (Å²) in [5.74, 6) is -0.255. The first-order valence-electron chi connectivity index (χ1n) is 6.85. The van der Waals surface area contributed by atoms with Crippen molar-refractivity contribution >= 4 is 5.97 Å². The van der Waals surface area contributed by atoms with Gasteiger partial charge in [-0.2, -0.15) is 0 Å². The first-order chi connectivity index (χ1) is 10.3. The van der Waals surface area contributed by atoms with E-state index in [0.29, 0.717) is 5.56 Å². The van der Waals surface area contributed by atoms with E-state index >= 15 is 0 Å². The van der Waals surface area contributed by atoms with Crippen LogP contribution in [-0.2, 0) is 4.74 Å². The fourth-order valence-corrected chi connectivity index (χ4v) is 3.51. The maximum atomic E-state index is 11.9. The molecule has 0 spiro atoms. The third-order valence-electron chi connectivity index (χ3n) is 2.80. The summed E-state index contributed by atoms with van der Waals surface area (Å²) in [4.78, 5) is 11.9. The Morgan fingerprint density at radius 2 is 1.71 bits per heavy atom. The summed E-state index contributed by atoms with van der Waals surface area (Å²) in [6.45, 7) is 1.92. The van der Waals surface area contributed by atoms with Crippen LogP contribution in [0, 0.1) is 3.57 Å². The van der Waals surface area contributed by atoms with E-state index in [-0.39, 0.29) is 33.3 Å². The quantitative estimate of drug-likeness (QED) is 0.543. The minimum absolute atomic E-state index is 0.0919. The summed E-state index contributed by atoms with van der Waals surface area (Å²) < 4.78 is 9.02. The SMILES string of the molecule is CC(C/C=C\[I+]c1ccccc1)OC(=O)c1ccccc1. The number of ether oxygens (including phenoxy) is 1. The van der Waals surface area contributed by atoms with Gasteiger partial charge < -0.3 is 4.74 Å². The number of benzene rings is 2. The molecule has 0 radical (unpaired) electrons. The fraction of sp³-hybridized carbons (Fsp3) is 0.167. The molecule has 2 aromatic carbocycles. The van der Waals surface area contributed by atoms with E-state index in [9.17, 15) is 4.79 Å². The highest BCUT2D eigenvalue weighted by Gasteiger charge is 2.11. The smallest absolute Gasteiger partial charge is 0.349 e. The summed E-state index contributed by atoms with van der Waals surface area (Å²) in [5, 5.41) is 0. The molecular formula is C18H18IO2+. The molecular weight excluding hydrogens is 375 g/mol. The zero-order valence-electron chi connectivity index (χ0n) is 11.9. The highest BCUT2D eigenvalue weighted by Crippen LogP contribution is 2.06. The average Bonchev–Trinajstić information content (AvgIpc) is 2.53. The number of hydrogen-bond donors (Lipinski definition) is 0. The van der Waals surface area contributed by atoms with Crippen molar-refractivity contribution in [1.82, 2.24) is 0 Å². The Hall–Kier alpha value is -1.62. The topological polar surface area (TPSA) is 26.3 Å². The van der Waals surface area contributed by atoms with Crippen LogP contribution in [0.15, 0.2) is 70.8 Å². The first kappa shape index (κ1) is 15.8. The van der Waals surface area contributed by atoms with Crippen molar-refractivity contribution < 1.29 is 30.7 Å². The zero-order chi connectivity index (χ0) is 14.9. The number of halogens is 1. The highest BCUT2D eigenvalue weighted by molar-refractivity contribution is 5.89. The van der Waals surface area contributed by atoms with Gasteiger partial charge in [-0.1, -0.05) is 36.4 Å². The van der Waals surface area contributed by atoms with Crippen LogP contribution in [0.4, 0.5) is 0 Å². The summed E-state index contributed by atoms with van der Waals surface area (Å²) in [6.07, 6.45) is 2.77. The van der Waals surface area contributed by atoms with E-state index in [2.05, 4.69) is 34.4 Å². The van der Waals surface area contributed by atoms with E-state index < -0.39 is 0 Å². The predicted octanol–water partition coefficient (Wildman–Crippen LogP) is 1.09. The van der Waals surface area contributed by atoms with Crippen molar-refractivity contribution in [3.8, 4) is 0 Å². The van der Waals surface area contributed by atoms with Crippen LogP contribution in [0.2, 0.25) is 0 Å². The highest BCUT2D eigenvalue weighted by atomic mass is 127. The molecule has 0 saturated heterocycles. The molecule has 108 valence electrons. The van der Waals surface area contributed by atoms with Gasteiger partial charge in [-0.25, -0.2) is 4.79 Å². The summed E-state index contributed by atoms with van der Waals surface area (Å²) >= 11 is -0.0919. The lowest BCUT2D eigenvalue weighted by Gasteiger charge is -2.10. The van der Waals surface area contributed by atoms with Gasteiger partial charge in [0.05, 0.1) is 5.56 Å². The van der Waals surface area contributed by atoms with Crippen molar-refractivity contribution in [2.24, 2.45) is 0 Å². The Kier molecular flexibility index (Phi) is 6.47. The summed E-state index contributed by atoms with van der Waals surface area (Å²) in [7, 11) is 0. The van der Waals surface area contributed by atoms with Gasteiger partial charge in [0.15, 0.2) is 7.65 Å². The van der Waals surface area contributed by atoms with Crippen LogP contribution in [-0.4, -0.2) is 12.1 Å². The second-order valence-corrected chi connectivity index (χ2v) is 7.17. The Labute approximate surface area is 136 Å². The maximum absolute atomic E-state index is 11.9. The van der Waals surface area contributed by atoms with Gasteiger partial charge in [0.25, 0.3) is 0 Å². The molecule has 0 N–H and O–H groups in total. The van der Waals surface area contributed by atoms with E-state index in [4.69, 9.17) is 4.74 Å².